The fraction of sp³-hybridized carbons (Fsp3) is 0.235. The van der Waals surface area contributed by atoms with Crippen molar-refractivity contribution in [3.8, 4) is 11.5 Å². The van der Waals surface area contributed by atoms with E-state index in [-0.39, 0.29) is 23.9 Å². The topological polar surface area (TPSA) is 72.4 Å². The summed E-state index contributed by atoms with van der Waals surface area (Å²) in [6, 6.07) is 3.10. The van der Waals surface area contributed by atoms with Gasteiger partial charge >= 0.3 is 0 Å². The molecule has 128 valence electrons. The number of benzene rings is 1. The summed E-state index contributed by atoms with van der Waals surface area (Å²) in [5.74, 6) is -0.404. The SMILES string of the molecule is Cc1oncc1C(=O)N1CCc2oc(-c3cc(F)cc(F)c3)nc2C1. The van der Waals surface area contributed by atoms with Gasteiger partial charge in [0.2, 0.25) is 5.89 Å². The lowest BCUT2D eigenvalue weighted by molar-refractivity contribution is 0.0726. The second-order valence-corrected chi connectivity index (χ2v) is 5.82. The number of hydrogen-bond donors (Lipinski definition) is 0. The summed E-state index contributed by atoms with van der Waals surface area (Å²) in [7, 11) is 0. The number of aryl methyl sites for hydroxylation is 1. The average molecular weight is 345 g/mol. The smallest absolute Gasteiger partial charge is 0.259 e. The molecule has 2 aromatic heterocycles. The molecule has 0 spiro atoms. The van der Waals surface area contributed by atoms with Gasteiger partial charge in [0.15, 0.2) is 0 Å². The molecule has 0 N–H and O–H groups in total. The van der Waals surface area contributed by atoms with Crippen molar-refractivity contribution in [2.45, 2.75) is 19.9 Å². The number of hydrogen-bond acceptors (Lipinski definition) is 5. The van der Waals surface area contributed by atoms with Gasteiger partial charge in [-0.05, 0) is 19.1 Å². The molecule has 25 heavy (non-hydrogen) atoms. The van der Waals surface area contributed by atoms with E-state index < -0.39 is 11.6 Å². The van der Waals surface area contributed by atoms with Gasteiger partial charge in [-0.1, -0.05) is 5.16 Å². The van der Waals surface area contributed by atoms with Crippen molar-refractivity contribution in [3.05, 3.63) is 58.8 Å². The van der Waals surface area contributed by atoms with E-state index in [9.17, 15) is 13.6 Å². The quantitative estimate of drug-likeness (QED) is 0.714. The van der Waals surface area contributed by atoms with Crippen molar-refractivity contribution in [1.82, 2.24) is 15.0 Å². The van der Waals surface area contributed by atoms with Crippen LogP contribution in [0, 0.1) is 18.6 Å². The van der Waals surface area contributed by atoms with Crippen LogP contribution >= 0.6 is 0 Å². The number of fused-ring (bicyclic) bond motifs is 1. The zero-order valence-electron chi connectivity index (χ0n) is 13.3. The highest BCUT2D eigenvalue weighted by atomic mass is 19.1. The Balaban J connectivity index is 1.61. The molecule has 8 heteroatoms. The van der Waals surface area contributed by atoms with Crippen LogP contribution in [0.1, 0.15) is 27.6 Å². The molecule has 3 aromatic rings. The summed E-state index contributed by atoms with van der Waals surface area (Å²) in [5, 5.41) is 3.61. The molecule has 0 aliphatic carbocycles. The predicted octanol–water partition coefficient (Wildman–Crippen LogP) is 3.11. The Morgan fingerprint density at radius 2 is 2.00 bits per heavy atom. The number of aromatic nitrogens is 2. The number of rotatable bonds is 2. The minimum absolute atomic E-state index is 0.138. The van der Waals surface area contributed by atoms with Crippen LogP contribution in [-0.4, -0.2) is 27.5 Å². The molecule has 0 fully saturated rings. The van der Waals surface area contributed by atoms with Gasteiger partial charge in [-0.25, -0.2) is 13.8 Å². The lowest BCUT2D eigenvalue weighted by atomic mass is 10.1. The number of carbonyl (C=O) groups excluding carboxylic acids is 1. The lowest BCUT2D eigenvalue weighted by Crippen LogP contribution is -2.35. The molecule has 1 aromatic carbocycles. The molecule has 0 unspecified atom stereocenters. The van der Waals surface area contributed by atoms with Gasteiger partial charge in [0.05, 0.1) is 12.7 Å². The zero-order chi connectivity index (χ0) is 17.6. The van der Waals surface area contributed by atoms with Crippen LogP contribution in [0.3, 0.4) is 0 Å². The highest BCUT2D eigenvalue weighted by molar-refractivity contribution is 5.94. The Morgan fingerprint density at radius 3 is 2.68 bits per heavy atom. The third-order valence-corrected chi connectivity index (χ3v) is 4.11. The largest absolute Gasteiger partial charge is 0.441 e. The standard InChI is InChI=1S/C17H13F2N3O3/c1-9-13(7-20-25-9)17(23)22-3-2-15-14(8-22)21-16(24-15)10-4-11(18)6-12(19)5-10/h4-7H,2-3,8H2,1H3. The van der Waals surface area contributed by atoms with Gasteiger partial charge in [0, 0.05) is 24.6 Å². The Kier molecular flexibility index (Phi) is 3.60. The predicted molar refractivity (Wildman–Crippen MR) is 81.5 cm³/mol. The molecule has 1 amide bonds. The first kappa shape index (κ1) is 15.5. The highest BCUT2D eigenvalue weighted by Crippen LogP contribution is 2.28. The molecule has 1 aliphatic rings. The van der Waals surface area contributed by atoms with E-state index in [0.717, 1.165) is 18.2 Å². The number of halogens is 2. The van der Waals surface area contributed by atoms with Crippen LogP contribution in [-0.2, 0) is 13.0 Å². The minimum atomic E-state index is -0.703. The van der Waals surface area contributed by atoms with Gasteiger partial charge in [-0.3, -0.25) is 4.79 Å². The number of nitrogens with zero attached hydrogens (tertiary/aromatic N) is 3. The number of oxazole rings is 1. The van der Waals surface area contributed by atoms with Crippen molar-refractivity contribution in [2.24, 2.45) is 0 Å². The molecule has 1 aliphatic heterocycles. The summed E-state index contributed by atoms with van der Waals surface area (Å²) >= 11 is 0. The maximum atomic E-state index is 13.4. The third-order valence-electron chi connectivity index (χ3n) is 4.11. The van der Waals surface area contributed by atoms with Crippen LogP contribution in [0.15, 0.2) is 33.3 Å². The fourth-order valence-electron chi connectivity index (χ4n) is 2.85. The molecular formula is C17H13F2N3O3. The second-order valence-electron chi connectivity index (χ2n) is 5.82. The average Bonchev–Trinajstić information content (AvgIpc) is 3.18. The van der Waals surface area contributed by atoms with Crippen molar-refractivity contribution in [1.29, 1.82) is 0 Å². The van der Waals surface area contributed by atoms with Crippen molar-refractivity contribution in [2.75, 3.05) is 6.54 Å². The van der Waals surface area contributed by atoms with Gasteiger partial charge < -0.3 is 13.8 Å². The van der Waals surface area contributed by atoms with Crippen LogP contribution < -0.4 is 0 Å². The van der Waals surface area contributed by atoms with Crippen molar-refractivity contribution >= 4 is 5.91 Å². The molecule has 6 nitrogen and oxygen atoms in total. The van der Waals surface area contributed by atoms with E-state index in [2.05, 4.69) is 10.1 Å². The van der Waals surface area contributed by atoms with E-state index in [1.807, 2.05) is 0 Å². The van der Waals surface area contributed by atoms with Crippen LogP contribution in [0.4, 0.5) is 8.78 Å². The summed E-state index contributed by atoms with van der Waals surface area (Å²) in [4.78, 5) is 18.4. The molecule has 0 bridgehead atoms. The van der Waals surface area contributed by atoms with Gasteiger partial charge in [0.25, 0.3) is 5.91 Å². The first-order valence-electron chi connectivity index (χ1n) is 7.67. The fourth-order valence-corrected chi connectivity index (χ4v) is 2.85. The van der Waals surface area contributed by atoms with Crippen LogP contribution in [0.5, 0.6) is 0 Å². The van der Waals surface area contributed by atoms with E-state index >= 15 is 0 Å². The minimum Gasteiger partial charge on any atom is -0.441 e. The molecule has 0 saturated carbocycles. The van der Waals surface area contributed by atoms with E-state index in [1.54, 1.807) is 11.8 Å². The van der Waals surface area contributed by atoms with Crippen molar-refractivity contribution < 1.29 is 22.5 Å². The van der Waals surface area contributed by atoms with E-state index in [4.69, 9.17) is 8.94 Å². The Bertz CT molecular complexity index is 944. The van der Waals surface area contributed by atoms with Gasteiger partial charge in [-0.15, -0.1) is 0 Å². The Morgan fingerprint density at radius 1 is 1.24 bits per heavy atom. The summed E-state index contributed by atoms with van der Waals surface area (Å²) in [6.45, 7) is 2.37. The van der Waals surface area contributed by atoms with E-state index in [1.165, 1.54) is 6.20 Å². The first-order valence-corrected chi connectivity index (χ1v) is 7.67. The number of amides is 1. The zero-order valence-corrected chi connectivity index (χ0v) is 13.3. The van der Waals surface area contributed by atoms with Crippen molar-refractivity contribution in [3.63, 3.8) is 0 Å². The third kappa shape index (κ3) is 2.79. The van der Waals surface area contributed by atoms with Crippen LogP contribution in [0.25, 0.3) is 11.5 Å². The van der Waals surface area contributed by atoms with Gasteiger partial charge in [-0.2, -0.15) is 0 Å². The van der Waals surface area contributed by atoms with Crippen LogP contribution in [0.2, 0.25) is 0 Å². The molecule has 3 heterocycles. The molecular weight excluding hydrogens is 332 g/mol. The normalized spacial score (nSPS) is 13.8. The molecule has 0 atom stereocenters. The Labute approximate surface area is 141 Å². The maximum absolute atomic E-state index is 13.4. The number of carbonyl (C=O) groups is 1. The van der Waals surface area contributed by atoms with Gasteiger partial charge in [0.1, 0.15) is 34.4 Å². The molecule has 0 saturated heterocycles. The maximum Gasteiger partial charge on any atom is 0.259 e. The molecule has 4 rings (SSSR count). The molecule has 0 radical (unpaired) electrons. The second kappa shape index (κ2) is 5.80. The summed E-state index contributed by atoms with van der Waals surface area (Å²) < 4.78 is 37.3. The lowest BCUT2D eigenvalue weighted by Gasteiger charge is -2.24. The highest BCUT2D eigenvalue weighted by Gasteiger charge is 2.28. The van der Waals surface area contributed by atoms with E-state index in [0.29, 0.717) is 35.7 Å². The summed E-state index contributed by atoms with van der Waals surface area (Å²) in [6.07, 6.45) is 1.85. The first-order chi connectivity index (χ1) is 12.0. The monoisotopic (exact) mass is 345 g/mol. The Hall–Kier alpha value is -3.03. The summed E-state index contributed by atoms with van der Waals surface area (Å²) in [5.41, 5.74) is 1.20.